The van der Waals surface area contributed by atoms with Crippen LogP contribution in [0.5, 0.6) is 0 Å². The van der Waals surface area contributed by atoms with Gasteiger partial charge in [0.15, 0.2) is 0 Å². The van der Waals surface area contributed by atoms with Gasteiger partial charge >= 0.3 is 0 Å². The maximum Gasteiger partial charge on any atom is 0.0965 e. The fourth-order valence-corrected chi connectivity index (χ4v) is 1.04. The maximum absolute atomic E-state index is 8.42. The van der Waals surface area contributed by atoms with E-state index in [1.807, 2.05) is 0 Å². The van der Waals surface area contributed by atoms with Crippen LogP contribution in [0.15, 0.2) is 0 Å². The summed E-state index contributed by atoms with van der Waals surface area (Å²) in [6.07, 6.45) is 1.99. The standard InChI is InChI=1S/C7H15NO2/c1-2-6-7(10-6)5-8-3-4-9/h6-9H,2-5H2,1H3. The molecule has 0 aromatic carbocycles. The molecular formula is C7H15NO2. The van der Waals surface area contributed by atoms with Gasteiger partial charge < -0.3 is 15.2 Å². The largest absolute Gasteiger partial charge is 0.395 e. The Balaban J connectivity index is 1.87. The third-order valence-electron chi connectivity index (χ3n) is 1.72. The van der Waals surface area contributed by atoms with E-state index in [-0.39, 0.29) is 6.61 Å². The minimum atomic E-state index is 0.212. The molecule has 1 saturated heterocycles. The van der Waals surface area contributed by atoms with Crippen LogP contribution in [0.3, 0.4) is 0 Å². The van der Waals surface area contributed by atoms with Crippen LogP contribution in [0.25, 0.3) is 0 Å². The van der Waals surface area contributed by atoms with Crippen LogP contribution in [0.2, 0.25) is 0 Å². The van der Waals surface area contributed by atoms with E-state index in [4.69, 9.17) is 9.84 Å². The van der Waals surface area contributed by atoms with Gasteiger partial charge in [-0.15, -0.1) is 0 Å². The molecule has 0 aliphatic carbocycles. The summed E-state index contributed by atoms with van der Waals surface area (Å²) in [5.41, 5.74) is 0. The van der Waals surface area contributed by atoms with Gasteiger partial charge in [0.1, 0.15) is 0 Å². The van der Waals surface area contributed by atoms with E-state index in [0.717, 1.165) is 13.0 Å². The van der Waals surface area contributed by atoms with Crippen molar-refractivity contribution >= 4 is 0 Å². The number of nitrogens with one attached hydrogen (secondary N) is 1. The Morgan fingerprint density at radius 1 is 1.50 bits per heavy atom. The van der Waals surface area contributed by atoms with Crippen molar-refractivity contribution < 1.29 is 9.84 Å². The van der Waals surface area contributed by atoms with Crippen molar-refractivity contribution in [2.45, 2.75) is 25.6 Å². The quantitative estimate of drug-likeness (QED) is 0.414. The topological polar surface area (TPSA) is 44.8 Å². The van der Waals surface area contributed by atoms with Gasteiger partial charge in [-0.1, -0.05) is 6.92 Å². The number of aliphatic hydroxyl groups is 1. The molecule has 0 bridgehead atoms. The Bertz CT molecular complexity index is 97.6. The highest BCUT2D eigenvalue weighted by atomic mass is 16.6. The van der Waals surface area contributed by atoms with Crippen molar-refractivity contribution in [1.29, 1.82) is 0 Å². The molecule has 0 amide bonds. The van der Waals surface area contributed by atoms with Crippen molar-refractivity contribution in [3.05, 3.63) is 0 Å². The predicted molar refractivity (Wildman–Crippen MR) is 38.9 cm³/mol. The Labute approximate surface area is 61.4 Å². The Morgan fingerprint density at radius 2 is 2.30 bits per heavy atom. The molecule has 0 radical (unpaired) electrons. The molecule has 1 rings (SSSR count). The maximum atomic E-state index is 8.42. The van der Waals surface area contributed by atoms with E-state index in [1.165, 1.54) is 0 Å². The van der Waals surface area contributed by atoms with Crippen LogP contribution in [0, 0.1) is 0 Å². The SMILES string of the molecule is CCC1OC1CNCCO. The number of hydrogen-bond acceptors (Lipinski definition) is 3. The average molecular weight is 145 g/mol. The number of rotatable bonds is 5. The van der Waals surface area contributed by atoms with E-state index in [2.05, 4.69) is 12.2 Å². The first-order valence-corrected chi connectivity index (χ1v) is 3.85. The van der Waals surface area contributed by atoms with Gasteiger partial charge in [0.25, 0.3) is 0 Å². The zero-order valence-corrected chi connectivity index (χ0v) is 6.34. The highest BCUT2D eigenvalue weighted by Crippen LogP contribution is 2.23. The van der Waals surface area contributed by atoms with Crippen LogP contribution < -0.4 is 5.32 Å². The molecule has 2 N–H and O–H groups in total. The van der Waals surface area contributed by atoms with Crippen molar-refractivity contribution in [3.63, 3.8) is 0 Å². The number of ether oxygens (including phenoxy) is 1. The lowest BCUT2D eigenvalue weighted by Gasteiger charge is -1.96. The van der Waals surface area contributed by atoms with Gasteiger partial charge in [0.2, 0.25) is 0 Å². The Morgan fingerprint density at radius 3 is 2.80 bits per heavy atom. The molecule has 0 aromatic rings. The van der Waals surface area contributed by atoms with Crippen LogP contribution >= 0.6 is 0 Å². The molecule has 2 unspecified atom stereocenters. The van der Waals surface area contributed by atoms with E-state index in [9.17, 15) is 0 Å². The zero-order chi connectivity index (χ0) is 7.40. The van der Waals surface area contributed by atoms with E-state index in [1.54, 1.807) is 0 Å². The minimum absolute atomic E-state index is 0.212. The molecule has 2 atom stereocenters. The Kier molecular flexibility index (Phi) is 3.12. The van der Waals surface area contributed by atoms with Crippen molar-refractivity contribution in [1.82, 2.24) is 5.32 Å². The first-order valence-electron chi connectivity index (χ1n) is 3.85. The molecule has 60 valence electrons. The molecule has 10 heavy (non-hydrogen) atoms. The highest BCUT2D eigenvalue weighted by Gasteiger charge is 2.35. The summed E-state index contributed by atoms with van der Waals surface area (Å²) in [5.74, 6) is 0. The van der Waals surface area contributed by atoms with Crippen LogP contribution in [-0.4, -0.2) is 37.0 Å². The van der Waals surface area contributed by atoms with Crippen LogP contribution in [0.1, 0.15) is 13.3 Å². The third-order valence-corrected chi connectivity index (χ3v) is 1.72. The first kappa shape index (κ1) is 7.98. The molecule has 3 heteroatoms. The summed E-state index contributed by atoms with van der Waals surface area (Å²) in [4.78, 5) is 0. The van der Waals surface area contributed by atoms with Crippen molar-refractivity contribution in [2.75, 3.05) is 19.7 Å². The van der Waals surface area contributed by atoms with Crippen LogP contribution in [-0.2, 0) is 4.74 Å². The summed E-state index contributed by atoms with van der Waals surface area (Å²) in [7, 11) is 0. The number of epoxide rings is 1. The molecule has 0 spiro atoms. The van der Waals surface area contributed by atoms with E-state index < -0.39 is 0 Å². The minimum Gasteiger partial charge on any atom is -0.395 e. The second kappa shape index (κ2) is 3.91. The molecule has 0 saturated carbocycles. The third kappa shape index (κ3) is 2.25. The monoisotopic (exact) mass is 145 g/mol. The second-order valence-electron chi connectivity index (χ2n) is 2.55. The molecule has 3 nitrogen and oxygen atoms in total. The zero-order valence-electron chi connectivity index (χ0n) is 6.34. The summed E-state index contributed by atoms with van der Waals surface area (Å²) in [6.45, 7) is 3.90. The van der Waals surface area contributed by atoms with E-state index >= 15 is 0 Å². The van der Waals surface area contributed by atoms with Gasteiger partial charge in [-0.05, 0) is 6.42 Å². The van der Waals surface area contributed by atoms with Gasteiger partial charge in [0, 0.05) is 13.1 Å². The fourth-order valence-electron chi connectivity index (χ4n) is 1.04. The summed E-state index contributed by atoms with van der Waals surface area (Å²) < 4.78 is 5.27. The van der Waals surface area contributed by atoms with Crippen molar-refractivity contribution in [2.24, 2.45) is 0 Å². The summed E-state index contributed by atoms with van der Waals surface area (Å²) in [6, 6.07) is 0. The fraction of sp³-hybridized carbons (Fsp3) is 1.00. The van der Waals surface area contributed by atoms with Gasteiger partial charge in [0.05, 0.1) is 18.8 Å². The molecule has 0 aromatic heterocycles. The van der Waals surface area contributed by atoms with Gasteiger partial charge in [-0.2, -0.15) is 0 Å². The lowest BCUT2D eigenvalue weighted by atomic mass is 10.2. The second-order valence-corrected chi connectivity index (χ2v) is 2.55. The highest BCUT2D eigenvalue weighted by molar-refractivity contribution is 4.84. The predicted octanol–water partition coefficient (Wildman–Crippen LogP) is -0.254. The summed E-state index contributed by atoms with van der Waals surface area (Å²) in [5, 5.41) is 11.5. The van der Waals surface area contributed by atoms with E-state index in [0.29, 0.717) is 18.8 Å². The van der Waals surface area contributed by atoms with Gasteiger partial charge in [-0.3, -0.25) is 0 Å². The Hall–Kier alpha value is -0.120. The smallest absolute Gasteiger partial charge is 0.0965 e. The lowest BCUT2D eigenvalue weighted by molar-refractivity contribution is 0.288. The molecule has 1 aliphatic heterocycles. The average Bonchev–Trinajstić information content (AvgIpc) is 2.68. The summed E-state index contributed by atoms with van der Waals surface area (Å²) >= 11 is 0. The lowest BCUT2D eigenvalue weighted by Crippen LogP contribution is -2.23. The molecule has 1 fully saturated rings. The molecule has 1 heterocycles. The normalized spacial score (nSPS) is 30.6. The molecular weight excluding hydrogens is 130 g/mol. The number of hydrogen-bond donors (Lipinski definition) is 2. The van der Waals surface area contributed by atoms with Gasteiger partial charge in [-0.25, -0.2) is 0 Å². The van der Waals surface area contributed by atoms with Crippen molar-refractivity contribution in [3.8, 4) is 0 Å². The molecule has 1 aliphatic rings. The number of aliphatic hydroxyl groups excluding tert-OH is 1. The first-order chi connectivity index (χ1) is 4.88. The van der Waals surface area contributed by atoms with Crippen LogP contribution in [0.4, 0.5) is 0 Å².